The van der Waals surface area contributed by atoms with E-state index in [0.29, 0.717) is 5.92 Å². The molecule has 0 N–H and O–H groups in total. The highest BCUT2D eigenvalue weighted by Crippen LogP contribution is 2.46. The van der Waals surface area contributed by atoms with Crippen molar-refractivity contribution >= 4 is 82.1 Å². The number of anilines is 3. The summed E-state index contributed by atoms with van der Waals surface area (Å²) in [6, 6.07) is 79.6. The zero-order valence-corrected chi connectivity index (χ0v) is 35.2. The first-order valence-corrected chi connectivity index (χ1v) is 21.9. The quantitative estimate of drug-likeness (QED) is 0.160. The molecule has 0 spiro atoms. The van der Waals surface area contributed by atoms with E-state index >= 15 is 0 Å². The summed E-state index contributed by atoms with van der Waals surface area (Å²) in [5, 5.41) is 12.2. The highest BCUT2D eigenvalue weighted by atomic mass is 16.3. The molecule has 0 saturated carbocycles. The minimum Gasteiger partial charge on any atom is -0.454 e. The molecular formula is C61H43NO. The van der Waals surface area contributed by atoms with Gasteiger partial charge in [0.15, 0.2) is 5.58 Å². The topological polar surface area (TPSA) is 16.4 Å². The fourth-order valence-electron chi connectivity index (χ4n) is 9.73. The van der Waals surface area contributed by atoms with Gasteiger partial charge in [0.05, 0.1) is 5.69 Å². The number of hydrogen-bond donors (Lipinski definition) is 0. The van der Waals surface area contributed by atoms with E-state index in [2.05, 4.69) is 237 Å². The molecule has 0 saturated heterocycles. The van der Waals surface area contributed by atoms with E-state index in [-0.39, 0.29) is 0 Å². The maximum absolute atomic E-state index is 7.10. The summed E-state index contributed by atoms with van der Waals surface area (Å²) in [5.74, 6) is 0.299. The Balaban J connectivity index is 0.966. The van der Waals surface area contributed by atoms with Crippen molar-refractivity contribution in [2.24, 2.45) is 0 Å². The Kier molecular flexibility index (Phi) is 8.72. The number of fused-ring (bicyclic) bond motifs is 8. The molecule has 298 valence electrons. The minimum atomic E-state index is 0.299. The molecule has 0 aliphatic rings. The van der Waals surface area contributed by atoms with Crippen LogP contribution >= 0.6 is 0 Å². The third kappa shape index (κ3) is 6.34. The summed E-state index contributed by atoms with van der Waals surface area (Å²) in [4.78, 5) is 2.35. The van der Waals surface area contributed by atoms with Crippen LogP contribution in [0.1, 0.15) is 25.3 Å². The summed E-state index contributed by atoms with van der Waals surface area (Å²) in [6.07, 6.45) is 0. The second-order valence-corrected chi connectivity index (χ2v) is 17.1. The first-order chi connectivity index (χ1) is 31.0. The maximum Gasteiger partial charge on any atom is 0.159 e. The molecule has 0 amide bonds. The number of hydrogen-bond acceptors (Lipinski definition) is 2. The van der Waals surface area contributed by atoms with E-state index in [1.807, 2.05) is 0 Å². The number of nitrogens with zero attached hydrogens (tertiary/aromatic N) is 1. The van der Waals surface area contributed by atoms with Gasteiger partial charge in [-0.2, -0.15) is 0 Å². The molecule has 0 radical (unpaired) electrons. The SMILES string of the molecule is CC(C)c1cc2ccccc2c2c1oc1c(N(c3ccc(-c4ccc5cc(-c6ccc7ccccc7c6)ccc5c4)cc3)c3ccc(-c4cccc5ccccc45)cc3)cccc12. The number of rotatable bonds is 7. The number of benzene rings is 11. The molecule has 0 atom stereocenters. The third-order valence-electron chi connectivity index (χ3n) is 13.0. The third-order valence-corrected chi connectivity index (χ3v) is 13.0. The molecule has 12 aromatic rings. The standard InChI is InChI=1S/C61H43NO/c1-39(2)57-38-50-14-6-8-17-55(50)59-56-19-10-20-58(60(56)63-61(57)59)62(52-33-29-43(30-34-52)54-18-9-15-42-12-5-7-16-53(42)54)51-31-27-41(28-32-51)45-23-24-48-37-49(26-25-47(48)36-45)46-22-21-40-11-3-4-13-44(40)35-46/h3-39H,1-2H3. The molecule has 1 heterocycles. The zero-order chi connectivity index (χ0) is 42.0. The maximum atomic E-state index is 7.10. The predicted octanol–water partition coefficient (Wildman–Crippen LogP) is 17.8. The highest BCUT2D eigenvalue weighted by molar-refractivity contribution is 6.22. The van der Waals surface area contributed by atoms with E-state index in [0.717, 1.165) is 33.6 Å². The fraction of sp³-hybridized carbons (Fsp3) is 0.0492. The largest absolute Gasteiger partial charge is 0.454 e. The van der Waals surface area contributed by atoms with E-state index in [1.165, 1.54) is 87.4 Å². The molecular weight excluding hydrogens is 763 g/mol. The van der Waals surface area contributed by atoms with Crippen molar-refractivity contribution in [2.75, 3.05) is 4.90 Å². The lowest BCUT2D eigenvalue weighted by molar-refractivity contribution is 0.657. The van der Waals surface area contributed by atoms with Gasteiger partial charge in [-0.15, -0.1) is 0 Å². The Hall–Kier alpha value is -7.94. The molecule has 1 aromatic heterocycles. The van der Waals surface area contributed by atoms with Crippen molar-refractivity contribution in [3.8, 4) is 33.4 Å². The summed E-state index contributed by atoms with van der Waals surface area (Å²) in [5.41, 5.74) is 13.4. The first-order valence-electron chi connectivity index (χ1n) is 21.9. The van der Waals surface area contributed by atoms with Gasteiger partial charge in [-0.3, -0.25) is 0 Å². The first kappa shape index (κ1) is 36.9. The van der Waals surface area contributed by atoms with Crippen LogP contribution in [0, 0.1) is 0 Å². The number of para-hydroxylation sites is 1. The lowest BCUT2D eigenvalue weighted by Gasteiger charge is -2.26. The van der Waals surface area contributed by atoms with E-state index in [1.54, 1.807) is 0 Å². The molecule has 2 heteroatoms. The van der Waals surface area contributed by atoms with Crippen molar-refractivity contribution in [1.82, 2.24) is 0 Å². The molecule has 0 fully saturated rings. The monoisotopic (exact) mass is 805 g/mol. The van der Waals surface area contributed by atoms with Gasteiger partial charge in [0.2, 0.25) is 0 Å². The Labute approximate surface area is 366 Å². The lowest BCUT2D eigenvalue weighted by atomic mass is 9.95. The molecule has 0 aliphatic heterocycles. The van der Waals surface area contributed by atoms with Gasteiger partial charge in [-0.05, 0) is 143 Å². The van der Waals surface area contributed by atoms with Crippen molar-refractivity contribution in [1.29, 1.82) is 0 Å². The van der Waals surface area contributed by atoms with Crippen LogP contribution in [0.2, 0.25) is 0 Å². The van der Waals surface area contributed by atoms with Gasteiger partial charge in [-0.1, -0.05) is 178 Å². The van der Waals surface area contributed by atoms with Gasteiger partial charge < -0.3 is 9.32 Å². The Bertz CT molecular complexity index is 3700. The average Bonchev–Trinajstić information content (AvgIpc) is 3.74. The minimum absolute atomic E-state index is 0.299. The van der Waals surface area contributed by atoms with Crippen LogP contribution in [0.5, 0.6) is 0 Å². The summed E-state index contributed by atoms with van der Waals surface area (Å²) in [7, 11) is 0. The molecule has 63 heavy (non-hydrogen) atoms. The normalized spacial score (nSPS) is 11.8. The summed E-state index contributed by atoms with van der Waals surface area (Å²) < 4.78 is 7.10. The lowest BCUT2D eigenvalue weighted by Crippen LogP contribution is -2.10. The van der Waals surface area contributed by atoms with Gasteiger partial charge in [-0.25, -0.2) is 0 Å². The van der Waals surface area contributed by atoms with Crippen LogP contribution in [-0.2, 0) is 0 Å². The molecule has 0 aliphatic carbocycles. The molecule has 0 unspecified atom stereocenters. The van der Waals surface area contributed by atoms with E-state index in [9.17, 15) is 0 Å². The van der Waals surface area contributed by atoms with Crippen molar-refractivity contribution in [3.05, 3.63) is 224 Å². The van der Waals surface area contributed by atoms with Crippen LogP contribution in [0.25, 0.3) is 98.4 Å². The van der Waals surface area contributed by atoms with Crippen LogP contribution in [0.15, 0.2) is 223 Å². The number of furan rings is 1. The van der Waals surface area contributed by atoms with Gasteiger partial charge in [0, 0.05) is 22.1 Å². The fourth-order valence-corrected chi connectivity index (χ4v) is 9.73. The van der Waals surface area contributed by atoms with Crippen LogP contribution < -0.4 is 4.90 Å². The molecule has 12 rings (SSSR count). The smallest absolute Gasteiger partial charge is 0.159 e. The molecule has 2 nitrogen and oxygen atoms in total. The predicted molar refractivity (Wildman–Crippen MR) is 269 cm³/mol. The summed E-state index contributed by atoms with van der Waals surface area (Å²) in [6.45, 7) is 4.50. The van der Waals surface area contributed by atoms with Crippen LogP contribution in [0.3, 0.4) is 0 Å². The Morgan fingerprint density at radius 2 is 0.841 bits per heavy atom. The van der Waals surface area contributed by atoms with Crippen molar-refractivity contribution < 1.29 is 4.42 Å². The van der Waals surface area contributed by atoms with Gasteiger partial charge in [0.25, 0.3) is 0 Å². The van der Waals surface area contributed by atoms with Gasteiger partial charge >= 0.3 is 0 Å². The Morgan fingerprint density at radius 3 is 1.52 bits per heavy atom. The van der Waals surface area contributed by atoms with Gasteiger partial charge in [0.1, 0.15) is 5.58 Å². The molecule has 11 aromatic carbocycles. The van der Waals surface area contributed by atoms with Crippen LogP contribution in [-0.4, -0.2) is 0 Å². The van der Waals surface area contributed by atoms with E-state index < -0.39 is 0 Å². The average molecular weight is 806 g/mol. The van der Waals surface area contributed by atoms with Crippen LogP contribution in [0.4, 0.5) is 17.1 Å². The Morgan fingerprint density at radius 1 is 0.349 bits per heavy atom. The molecule has 0 bridgehead atoms. The zero-order valence-electron chi connectivity index (χ0n) is 35.2. The second-order valence-electron chi connectivity index (χ2n) is 17.1. The second kappa shape index (κ2) is 14.9. The highest BCUT2D eigenvalue weighted by Gasteiger charge is 2.23. The van der Waals surface area contributed by atoms with E-state index in [4.69, 9.17) is 4.42 Å². The summed E-state index contributed by atoms with van der Waals surface area (Å²) >= 11 is 0. The van der Waals surface area contributed by atoms with Crippen molar-refractivity contribution in [3.63, 3.8) is 0 Å². The van der Waals surface area contributed by atoms with Crippen molar-refractivity contribution in [2.45, 2.75) is 19.8 Å².